The van der Waals surface area contributed by atoms with Gasteiger partial charge in [-0.15, -0.1) is 0 Å². The van der Waals surface area contributed by atoms with Crippen LogP contribution in [0, 0.1) is 6.92 Å². The van der Waals surface area contributed by atoms with Gasteiger partial charge < -0.3 is 14.6 Å². The van der Waals surface area contributed by atoms with Gasteiger partial charge in [0.1, 0.15) is 11.5 Å². The maximum absolute atomic E-state index is 13.4. The lowest BCUT2D eigenvalue weighted by Crippen LogP contribution is -2.29. The number of Topliss-reactive ketones (excluding diaryl/α,β-unsaturated/α-hetero) is 1. The van der Waals surface area contributed by atoms with Gasteiger partial charge in [-0.2, -0.15) is 0 Å². The molecule has 1 unspecified atom stereocenters. The Morgan fingerprint density at radius 1 is 0.946 bits per heavy atom. The molecular formula is C30H29NO6. The Bertz CT molecular complexity index is 1360. The Hall–Kier alpha value is -4.39. The molecule has 0 saturated carbocycles. The van der Waals surface area contributed by atoms with Crippen molar-refractivity contribution >= 4 is 29.1 Å². The standard InChI is InChI=1S/C30H29NO6/c1-4-16-37-30(35)20-12-14-23(15-13-20)31-26(21-9-6-8-19(3)17-21)25(28(33)29(31)34)27(32)22-10-7-11-24(18-22)36-5-2/h6-15,17-18,26,32H,4-5,16H2,1-3H3/b27-25+. The van der Waals surface area contributed by atoms with E-state index in [0.717, 1.165) is 5.56 Å². The van der Waals surface area contributed by atoms with Crippen LogP contribution in [0.2, 0.25) is 0 Å². The summed E-state index contributed by atoms with van der Waals surface area (Å²) in [4.78, 5) is 40.3. The van der Waals surface area contributed by atoms with Gasteiger partial charge in [0.15, 0.2) is 0 Å². The Balaban J connectivity index is 1.83. The summed E-state index contributed by atoms with van der Waals surface area (Å²) in [5.74, 6) is -1.76. The van der Waals surface area contributed by atoms with Gasteiger partial charge in [-0.1, -0.05) is 48.9 Å². The predicted octanol–water partition coefficient (Wildman–Crippen LogP) is 5.59. The van der Waals surface area contributed by atoms with Gasteiger partial charge in [0.2, 0.25) is 0 Å². The summed E-state index contributed by atoms with van der Waals surface area (Å²) in [7, 11) is 0. The van der Waals surface area contributed by atoms with Gasteiger partial charge in [0, 0.05) is 11.3 Å². The first kappa shape index (κ1) is 25.7. The van der Waals surface area contributed by atoms with Crippen LogP contribution in [0.4, 0.5) is 5.69 Å². The van der Waals surface area contributed by atoms with Crippen molar-refractivity contribution in [2.24, 2.45) is 0 Å². The van der Waals surface area contributed by atoms with E-state index >= 15 is 0 Å². The fourth-order valence-corrected chi connectivity index (χ4v) is 4.35. The van der Waals surface area contributed by atoms with Crippen LogP contribution in [0.1, 0.15) is 53.4 Å². The molecule has 0 spiro atoms. The zero-order chi connectivity index (χ0) is 26.5. The number of aliphatic hydroxyl groups excluding tert-OH is 1. The number of carbonyl (C=O) groups excluding carboxylic acids is 3. The van der Waals surface area contributed by atoms with Crippen LogP contribution in [-0.4, -0.2) is 36.0 Å². The molecule has 1 amide bonds. The third kappa shape index (κ3) is 5.26. The van der Waals surface area contributed by atoms with E-state index in [2.05, 4.69) is 0 Å². The number of anilines is 1. The van der Waals surface area contributed by atoms with E-state index in [1.165, 1.54) is 4.90 Å². The first-order chi connectivity index (χ1) is 17.8. The smallest absolute Gasteiger partial charge is 0.338 e. The van der Waals surface area contributed by atoms with E-state index in [1.807, 2.05) is 45.0 Å². The molecule has 1 atom stereocenters. The Kier molecular flexibility index (Phi) is 7.72. The lowest BCUT2D eigenvalue weighted by atomic mass is 9.94. The molecule has 1 aliphatic rings. The molecule has 190 valence electrons. The zero-order valence-corrected chi connectivity index (χ0v) is 21.1. The van der Waals surface area contributed by atoms with E-state index < -0.39 is 23.7 Å². The number of hydrogen-bond acceptors (Lipinski definition) is 6. The average molecular weight is 500 g/mol. The summed E-state index contributed by atoms with van der Waals surface area (Å²) < 4.78 is 10.7. The highest BCUT2D eigenvalue weighted by atomic mass is 16.5. The molecule has 7 heteroatoms. The molecule has 0 radical (unpaired) electrons. The van der Waals surface area contributed by atoms with Crippen LogP contribution in [0.3, 0.4) is 0 Å². The summed E-state index contributed by atoms with van der Waals surface area (Å²) >= 11 is 0. The number of benzene rings is 3. The van der Waals surface area contributed by atoms with Crippen molar-refractivity contribution in [1.29, 1.82) is 0 Å². The number of nitrogens with zero attached hydrogens (tertiary/aromatic N) is 1. The van der Waals surface area contributed by atoms with Crippen molar-refractivity contribution in [3.63, 3.8) is 0 Å². The number of aryl methyl sites for hydroxylation is 1. The maximum Gasteiger partial charge on any atom is 0.338 e. The predicted molar refractivity (Wildman–Crippen MR) is 141 cm³/mol. The minimum Gasteiger partial charge on any atom is -0.507 e. The normalized spacial score (nSPS) is 16.6. The van der Waals surface area contributed by atoms with Gasteiger partial charge >= 0.3 is 5.97 Å². The van der Waals surface area contributed by atoms with Gasteiger partial charge in [0.25, 0.3) is 11.7 Å². The quantitative estimate of drug-likeness (QED) is 0.188. The number of esters is 1. The molecule has 1 saturated heterocycles. The van der Waals surface area contributed by atoms with Crippen LogP contribution >= 0.6 is 0 Å². The van der Waals surface area contributed by atoms with Crippen molar-refractivity contribution < 1.29 is 29.0 Å². The number of hydrogen-bond donors (Lipinski definition) is 1. The highest BCUT2D eigenvalue weighted by Gasteiger charge is 2.47. The zero-order valence-electron chi connectivity index (χ0n) is 21.1. The lowest BCUT2D eigenvalue weighted by Gasteiger charge is -2.26. The molecular weight excluding hydrogens is 470 g/mol. The van der Waals surface area contributed by atoms with Crippen LogP contribution in [0.5, 0.6) is 5.75 Å². The van der Waals surface area contributed by atoms with Gasteiger partial charge in [-0.05, 0) is 62.2 Å². The van der Waals surface area contributed by atoms with Crippen LogP contribution in [0.15, 0.2) is 78.4 Å². The van der Waals surface area contributed by atoms with E-state index in [9.17, 15) is 19.5 Å². The number of rotatable bonds is 8. The van der Waals surface area contributed by atoms with Crippen LogP contribution in [0.25, 0.3) is 5.76 Å². The van der Waals surface area contributed by atoms with Gasteiger partial charge in [-0.3, -0.25) is 14.5 Å². The average Bonchev–Trinajstić information content (AvgIpc) is 3.17. The highest BCUT2D eigenvalue weighted by molar-refractivity contribution is 6.51. The Morgan fingerprint density at radius 2 is 1.68 bits per heavy atom. The summed E-state index contributed by atoms with van der Waals surface area (Å²) in [5, 5.41) is 11.3. The van der Waals surface area contributed by atoms with Crippen LogP contribution < -0.4 is 9.64 Å². The molecule has 0 aromatic heterocycles. The summed E-state index contributed by atoms with van der Waals surface area (Å²) in [6.07, 6.45) is 0.707. The van der Waals surface area contributed by atoms with Crippen molar-refractivity contribution in [3.8, 4) is 5.75 Å². The third-order valence-corrected chi connectivity index (χ3v) is 6.04. The number of ether oxygens (including phenoxy) is 2. The molecule has 1 aliphatic heterocycles. The molecule has 0 bridgehead atoms. The highest BCUT2D eigenvalue weighted by Crippen LogP contribution is 2.42. The van der Waals surface area contributed by atoms with Gasteiger partial charge in [-0.25, -0.2) is 4.79 Å². The van der Waals surface area contributed by atoms with E-state index in [4.69, 9.17) is 9.47 Å². The SMILES string of the molecule is CCCOC(=O)c1ccc(N2C(=O)C(=O)/C(=C(/O)c3cccc(OCC)c3)C2c2cccc(C)c2)cc1. The third-order valence-electron chi connectivity index (χ3n) is 6.04. The molecule has 0 aliphatic carbocycles. The van der Waals surface area contributed by atoms with Crippen molar-refractivity contribution in [1.82, 2.24) is 0 Å². The lowest BCUT2D eigenvalue weighted by molar-refractivity contribution is -0.132. The second kappa shape index (κ2) is 11.1. The largest absolute Gasteiger partial charge is 0.507 e. The summed E-state index contributed by atoms with van der Waals surface area (Å²) in [5.41, 5.74) is 2.73. The molecule has 1 fully saturated rings. The molecule has 3 aromatic rings. The minimum atomic E-state index is -0.867. The van der Waals surface area contributed by atoms with Crippen molar-refractivity contribution in [2.75, 3.05) is 18.1 Å². The topological polar surface area (TPSA) is 93.1 Å². The number of aliphatic hydroxyl groups is 1. The van der Waals surface area contributed by atoms with Crippen LogP contribution in [-0.2, 0) is 14.3 Å². The first-order valence-electron chi connectivity index (χ1n) is 12.2. The molecule has 1 N–H and O–H groups in total. The second-order valence-corrected chi connectivity index (χ2v) is 8.73. The van der Waals surface area contributed by atoms with E-state index in [0.29, 0.717) is 47.8 Å². The monoisotopic (exact) mass is 499 g/mol. The van der Waals surface area contributed by atoms with E-state index in [1.54, 1.807) is 48.5 Å². The molecule has 1 heterocycles. The number of amides is 1. The summed E-state index contributed by atoms with van der Waals surface area (Å²) in [6, 6.07) is 19.7. The fraction of sp³-hybridized carbons (Fsp3) is 0.233. The van der Waals surface area contributed by atoms with Gasteiger partial charge in [0.05, 0.1) is 30.4 Å². The van der Waals surface area contributed by atoms with Crippen molar-refractivity contribution in [2.45, 2.75) is 33.2 Å². The number of carbonyl (C=O) groups is 3. The fourth-order valence-electron chi connectivity index (χ4n) is 4.35. The maximum atomic E-state index is 13.4. The summed E-state index contributed by atoms with van der Waals surface area (Å²) in [6.45, 7) is 6.43. The molecule has 4 rings (SSSR count). The Labute approximate surface area is 215 Å². The molecule has 7 nitrogen and oxygen atoms in total. The number of ketones is 1. The van der Waals surface area contributed by atoms with E-state index in [-0.39, 0.29) is 11.3 Å². The molecule has 3 aromatic carbocycles. The molecule has 37 heavy (non-hydrogen) atoms. The minimum absolute atomic E-state index is 0.0179. The second-order valence-electron chi connectivity index (χ2n) is 8.73. The Morgan fingerprint density at radius 3 is 2.35 bits per heavy atom. The first-order valence-corrected chi connectivity index (χ1v) is 12.2. The van der Waals surface area contributed by atoms with Crippen molar-refractivity contribution in [3.05, 3.63) is 101 Å².